The van der Waals surface area contributed by atoms with E-state index in [0.29, 0.717) is 12.1 Å². The number of carboxylic acids is 1. The summed E-state index contributed by atoms with van der Waals surface area (Å²) in [6.07, 6.45) is 1.69. The van der Waals surface area contributed by atoms with Crippen molar-refractivity contribution in [2.45, 2.75) is 6.54 Å². The minimum Gasteiger partial charge on any atom is -0.478 e. The SMILES string of the molecule is O=C(O)c1ccc(Cn2cnc3ccccc32)cc1F. The van der Waals surface area contributed by atoms with Gasteiger partial charge in [-0.05, 0) is 29.8 Å². The Kier molecular flexibility index (Phi) is 2.95. The number of rotatable bonds is 3. The molecule has 0 saturated heterocycles. The first-order chi connectivity index (χ1) is 9.65. The number of benzene rings is 2. The van der Waals surface area contributed by atoms with Gasteiger partial charge >= 0.3 is 5.97 Å². The molecule has 3 aromatic rings. The van der Waals surface area contributed by atoms with Crippen LogP contribution in [0.2, 0.25) is 0 Å². The molecule has 3 rings (SSSR count). The normalized spacial score (nSPS) is 10.8. The molecule has 0 aliphatic heterocycles. The third-order valence-corrected chi connectivity index (χ3v) is 3.14. The predicted octanol–water partition coefficient (Wildman–Crippen LogP) is 2.92. The van der Waals surface area contributed by atoms with Crippen LogP contribution in [-0.4, -0.2) is 20.6 Å². The molecule has 0 aliphatic rings. The van der Waals surface area contributed by atoms with Crippen molar-refractivity contribution in [3.8, 4) is 0 Å². The van der Waals surface area contributed by atoms with Crippen LogP contribution < -0.4 is 0 Å². The van der Waals surface area contributed by atoms with Crippen LogP contribution in [0, 0.1) is 5.82 Å². The van der Waals surface area contributed by atoms with Gasteiger partial charge < -0.3 is 9.67 Å². The average Bonchev–Trinajstić information content (AvgIpc) is 2.82. The lowest BCUT2D eigenvalue weighted by Crippen LogP contribution is -2.03. The van der Waals surface area contributed by atoms with Crippen LogP contribution in [-0.2, 0) is 6.54 Å². The molecule has 0 bridgehead atoms. The van der Waals surface area contributed by atoms with Gasteiger partial charge in [0.2, 0.25) is 0 Å². The predicted molar refractivity (Wildman–Crippen MR) is 72.2 cm³/mol. The van der Waals surface area contributed by atoms with Gasteiger partial charge in [0.05, 0.1) is 22.9 Å². The molecule has 100 valence electrons. The van der Waals surface area contributed by atoms with Crippen molar-refractivity contribution in [2.24, 2.45) is 0 Å². The van der Waals surface area contributed by atoms with Crippen LogP contribution in [0.15, 0.2) is 48.8 Å². The highest BCUT2D eigenvalue weighted by Gasteiger charge is 2.11. The van der Waals surface area contributed by atoms with Gasteiger partial charge in [0.1, 0.15) is 5.82 Å². The zero-order chi connectivity index (χ0) is 14.1. The first-order valence-corrected chi connectivity index (χ1v) is 6.07. The summed E-state index contributed by atoms with van der Waals surface area (Å²) >= 11 is 0. The molecule has 5 heteroatoms. The molecule has 1 heterocycles. The zero-order valence-corrected chi connectivity index (χ0v) is 10.5. The Morgan fingerprint density at radius 3 is 2.80 bits per heavy atom. The molecule has 1 N–H and O–H groups in total. The number of hydrogen-bond acceptors (Lipinski definition) is 2. The summed E-state index contributed by atoms with van der Waals surface area (Å²) in [4.78, 5) is 15.0. The van der Waals surface area contributed by atoms with Crippen LogP contribution in [0.4, 0.5) is 4.39 Å². The maximum absolute atomic E-state index is 13.6. The van der Waals surface area contributed by atoms with E-state index in [-0.39, 0.29) is 5.56 Å². The second-order valence-corrected chi connectivity index (χ2v) is 4.48. The number of fused-ring (bicyclic) bond motifs is 1. The topological polar surface area (TPSA) is 55.1 Å². The van der Waals surface area contributed by atoms with E-state index in [1.807, 2.05) is 28.8 Å². The van der Waals surface area contributed by atoms with Crippen molar-refractivity contribution in [1.29, 1.82) is 0 Å². The lowest BCUT2D eigenvalue weighted by molar-refractivity contribution is 0.0692. The standard InChI is InChI=1S/C15H11FN2O2/c16-12-7-10(5-6-11(12)15(19)20)8-18-9-17-13-3-1-2-4-14(13)18/h1-7,9H,8H2,(H,19,20). The number of imidazole rings is 1. The van der Waals surface area contributed by atoms with E-state index in [1.54, 1.807) is 12.4 Å². The highest BCUT2D eigenvalue weighted by atomic mass is 19.1. The van der Waals surface area contributed by atoms with Gasteiger partial charge in [-0.1, -0.05) is 18.2 Å². The Balaban J connectivity index is 1.95. The maximum atomic E-state index is 13.6. The number of aromatic nitrogens is 2. The molecule has 0 saturated carbocycles. The summed E-state index contributed by atoms with van der Waals surface area (Å²) in [7, 11) is 0. The summed E-state index contributed by atoms with van der Waals surface area (Å²) in [6, 6.07) is 11.8. The highest BCUT2D eigenvalue weighted by molar-refractivity contribution is 5.87. The summed E-state index contributed by atoms with van der Waals surface area (Å²) in [5.74, 6) is -1.98. The summed E-state index contributed by atoms with van der Waals surface area (Å²) in [6.45, 7) is 0.442. The van der Waals surface area contributed by atoms with Crippen LogP contribution in [0.3, 0.4) is 0 Å². The van der Waals surface area contributed by atoms with Gasteiger partial charge in [0, 0.05) is 6.54 Å². The van der Waals surface area contributed by atoms with Gasteiger partial charge in [-0.15, -0.1) is 0 Å². The number of aromatic carboxylic acids is 1. The molecule has 0 unspecified atom stereocenters. The van der Waals surface area contributed by atoms with Crippen molar-refractivity contribution < 1.29 is 14.3 Å². The number of halogens is 1. The Bertz CT molecular complexity index is 795. The molecule has 1 aromatic heterocycles. The fraction of sp³-hybridized carbons (Fsp3) is 0.0667. The van der Waals surface area contributed by atoms with Crippen molar-refractivity contribution in [3.63, 3.8) is 0 Å². The molecule has 0 aliphatic carbocycles. The van der Waals surface area contributed by atoms with Crippen molar-refractivity contribution >= 4 is 17.0 Å². The summed E-state index contributed by atoms with van der Waals surface area (Å²) in [5, 5.41) is 8.80. The van der Waals surface area contributed by atoms with Gasteiger partial charge in [-0.3, -0.25) is 0 Å². The van der Waals surface area contributed by atoms with E-state index in [2.05, 4.69) is 4.98 Å². The molecule has 0 fully saturated rings. The minimum absolute atomic E-state index is 0.316. The fourth-order valence-corrected chi connectivity index (χ4v) is 2.16. The number of carbonyl (C=O) groups is 1. The first kappa shape index (κ1) is 12.3. The Labute approximate surface area is 114 Å². The highest BCUT2D eigenvalue weighted by Crippen LogP contribution is 2.16. The Morgan fingerprint density at radius 1 is 1.25 bits per heavy atom. The van der Waals surface area contributed by atoms with E-state index in [0.717, 1.165) is 11.0 Å². The Hall–Kier alpha value is -2.69. The molecule has 20 heavy (non-hydrogen) atoms. The quantitative estimate of drug-likeness (QED) is 0.796. The van der Waals surface area contributed by atoms with Crippen LogP contribution >= 0.6 is 0 Å². The van der Waals surface area contributed by atoms with Crippen molar-refractivity contribution in [2.75, 3.05) is 0 Å². The van der Waals surface area contributed by atoms with Gasteiger partial charge in [-0.25, -0.2) is 14.2 Å². The monoisotopic (exact) mass is 270 g/mol. The smallest absolute Gasteiger partial charge is 0.338 e. The van der Waals surface area contributed by atoms with Crippen LogP contribution in [0.5, 0.6) is 0 Å². The molecular formula is C15H11FN2O2. The molecule has 0 amide bonds. The second-order valence-electron chi connectivity index (χ2n) is 4.48. The van der Waals surface area contributed by atoms with E-state index >= 15 is 0 Å². The molecule has 2 aromatic carbocycles. The van der Waals surface area contributed by atoms with Crippen LogP contribution in [0.1, 0.15) is 15.9 Å². The van der Waals surface area contributed by atoms with Gasteiger partial charge in [0.15, 0.2) is 0 Å². The van der Waals surface area contributed by atoms with Gasteiger partial charge in [0.25, 0.3) is 0 Å². The lowest BCUT2D eigenvalue weighted by atomic mass is 10.1. The third kappa shape index (κ3) is 2.14. The number of para-hydroxylation sites is 2. The fourth-order valence-electron chi connectivity index (χ4n) is 2.16. The maximum Gasteiger partial charge on any atom is 0.338 e. The molecular weight excluding hydrogens is 259 g/mol. The van der Waals surface area contributed by atoms with Crippen molar-refractivity contribution in [3.05, 3.63) is 65.7 Å². The summed E-state index contributed by atoms with van der Waals surface area (Å²) < 4.78 is 15.5. The van der Waals surface area contributed by atoms with Crippen molar-refractivity contribution in [1.82, 2.24) is 9.55 Å². The number of carboxylic acid groups (broad SMARTS) is 1. The van der Waals surface area contributed by atoms with E-state index in [9.17, 15) is 9.18 Å². The largest absolute Gasteiger partial charge is 0.478 e. The number of nitrogens with zero attached hydrogens (tertiary/aromatic N) is 2. The third-order valence-electron chi connectivity index (χ3n) is 3.14. The van der Waals surface area contributed by atoms with E-state index in [1.165, 1.54) is 12.1 Å². The summed E-state index contributed by atoms with van der Waals surface area (Å²) in [5.41, 5.74) is 2.20. The molecule has 0 spiro atoms. The second kappa shape index (κ2) is 4.77. The number of hydrogen-bond donors (Lipinski definition) is 1. The van der Waals surface area contributed by atoms with Crippen LogP contribution in [0.25, 0.3) is 11.0 Å². The average molecular weight is 270 g/mol. The van der Waals surface area contributed by atoms with E-state index < -0.39 is 11.8 Å². The minimum atomic E-state index is -1.26. The molecule has 0 atom stereocenters. The lowest BCUT2D eigenvalue weighted by Gasteiger charge is -2.06. The van der Waals surface area contributed by atoms with E-state index in [4.69, 9.17) is 5.11 Å². The zero-order valence-electron chi connectivity index (χ0n) is 10.5. The molecule has 4 nitrogen and oxygen atoms in total. The first-order valence-electron chi connectivity index (χ1n) is 6.07. The Morgan fingerprint density at radius 2 is 2.05 bits per heavy atom. The van der Waals surface area contributed by atoms with Gasteiger partial charge in [-0.2, -0.15) is 0 Å². The molecule has 0 radical (unpaired) electrons.